The molecule has 0 spiro atoms. The number of benzene rings is 1. The van der Waals surface area contributed by atoms with Gasteiger partial charge >= 0.3 is 12.2 Å². The van der Waals surface area contributed by atoms with Gasteiger partial charge in [0.05, 0.1) is 17.3 Å². The highest BCUT2D eigenvalue weighted by atomic mass is 19.4. The number of carbonyl (C=O) groups is 3. The first kappa shape index (κ1) is 23.7. The summed E-state index contributed by atoms with van der Waals surface area (Å²) in [6.45, 7) is 3.32. The molecule has 34 heavy (non-hydrogen) atoms. The Labute approximate surface area is 194 Å². The highest BCUT2D eigenvalue weighted by Crippen LogP contribution is 2.32. The lowest BCUT2D eigenvalue weighted by Crippen LogP contribution is -2.44. The van der Waals surface area contributed by atoms with E-state index in [2.05, 4.69) is 10.3 Å². The van der Waals surface area contributed by atoms with E-state index in [1.54, 1.807) is 24.8 Å². The SMILES string of the molecule is CC1(C)NC(=O)N(CC(=O)N2CCCC2c2cccc(Cc3ccc(C(F)(F)F)cc3)n2)C1=O. The lowest BCUT2D eigenvalue weighted by Gasteiger charge is -2.26. The molecule has 2 aromatic rings. The summed E-state index contributed by atoms with van der Waals surface area (Å²) in [5.41, 5.74) is 0.292. The second-order valence-electron chi connectivity index (χ2n) is 9.12. The number of halogens is 3. The van der Waals surface area contributed by atoms with Crippen molar-refractivity contribution in [3.8, 4) is 0 Å². The monoisotopic (exact) mass is 474 g/mol. The van der Waals surface area contributed by atoms with Crippen LogP contribution < -0.4 is 5.32 Å². The van der Waals surface area contributed by atoms with E-state index in [4.69, 9.17) is 0 Å². The van der Waals surface area contributed by atoms with Crippen molar-refractivity contribution in [2.24, 2.45) is 0 Å². The van der Waals surface area contributed by atoms with Crippen LogP contribution in [0.5, 0.6) is 0 Å². The van der Waals surface area contributed by atoms with Gasteiger partial charge in [-0.3, -0.25) is 19.5 Å². The largest absolute Gasteiger partial charge is 0.416 e. The summed E-state index contributed by atoms with van der Waals surface area (Å²) < 4.78 is 38.4. The van der Waals surface area contributed by atoms with Gasteiger partial charge in [0.15, 0.2) is 0 Å². The maximum Gasteiger partial charge on any atom is 0.416 e. The van der Waals surface area contributed by atoms with Crippen molar-refractivity contribution in [2.45, 2.75) is 50.9 Å². The number of urea groups is 1. The molecule has 0 aliphatic carbocycles. The Hall–Kier alpha value is -3.43. The van der Waals surface area contributed by atoms with Gasteiger partial charge in [-0.1, -0.05) is 18.2 Å². The number of amides is 4. The zero-order valence-corrected chi connectivity index (χ0v) is 18.9. The van der Waals surface area contributed by atoms with Gasteiger partial charge in [-0.15, -0.1) is 0 Å². The number of aromatic nitrogens is 1. The molecule has 1 atom stereocenters. The minimum atomic E-state index is -4.38. The Morgan fingerprint density at radius 3 is 2.47 bits per heavy atom. The maximum atomic E-state index is 13.0. The third-order valence-electron chi connectivity index (χ3n) is 6.15. The van der Waals surface area contributed by atoms with E-state index in [0.29, 0.717) is 36.3 Å². The molecule has 180 valence electrons. The van der Waals surface area contributed by atoms with E-state index in [-0.39, 0.29) is 18.5 Å². The topological polar surface area (TPSA) is 82.6 Å². The molecule has 0 saturated carbocycles. The number of hydrogen-bond donors (Lipinski definition) is 1. The highest BCUT2D eigenvalue weighted by Gasteiger charge is 2.46. The fourth-order valence-electron chi connectivity index (χ4n) is 4.36. The van der Waals surface area contributed by atoms with E-state index in [1.807, 2.05) is 12.1 Å². The molecular formula is C24H25F3N4O3. The first-order valence-electron chi connectivity index (χ1n) is 11.0. The summed E-state index contributed by atoms with van der Waals surface area (Å²) in [4.78, 5) is 44.8. The molecule has 2 saturated heterocycles. The van der Waals surface area contributed by atoms with Crippen molar-refractivity contribution < 1.29 is 27.6 Å². The Bertz CT molecular complexity index is 1120. The molecule has 2 fully saturated rings. The zero-order chi connectivity index (χ0) is 24.7. The second kappa shape index (κ2) is 8.73. The van der Waals surface area contributed by atoms with Crippen molar-refractivity contribution in [1.82, 2.24) is 20.1 Å². The third-order valence-corrected chi connectivity index (χ3v) is 6.15. The van der Waals surface area contributed by atoms with Crippen molar-refractivity contribution >= 4 is 17.8 Å². The molecule has 1 N–H and O–H groups in total. The lowest BCUT2D eigenvalue weighted by atomic mass is 10.1. The van der Waals surface area contributed by atoms with Gasteiger partial charge in [-0.05, 0) is 56.5 Å². The molecule has 2 aliphatic heterocycles. The molecule has 7 nitrogen and oxygen atoms in total. The summed E-state index contributed by atoms with van der Waals surface area (Å²) in [5.74, 6) is -0.781. The van der Waals surface area contributed by atoms with Crippen LogP contribution in [0.1, 0.15) is 55.2 Å². The second-order valence-corrected chi connectivity index (χ2v) is 9.12. The number of rotatable bonds is 5. The van der Waals surface area contributed by atoms with E-state index in [1.165, 1.54) is 12.1 Å². The summed E-state index contributed by atoms with van der Waals surface area (Å²) in [7, 11) is 0. The Balaban J connectivity index is 1.46. The summed E-state index contributed by atoms with van der Waals surface area (Å²) in [6, 6.07) is 9.49. The fourth-order valence-corrected chi connectivity index (χ4v) is 4.36. The number of nitrogens with zero attached hydrogens (tertiary/aromatic N) is 3. The van der Waals surface area contributed by atoms with Gasteiger partial charge in [0.2, 0.25) is 5.91 Å². The van der Waals surface area contributed by atoms with Crippen LogP contribution in [-0.4, -0.2) is 51.3 Å². The van der Waals surface area contributed by atoms with E-state index < -0.39 is 29.2 Å². The molecule has 4 amide bonds. The quantitative estimate of drug-likeness (QED) is 0.671. The van der Waals surface area contributed by atoms with Gasteiger partial charge in [-0.25, -0.2) is 4.79 Å². The molecule has 1 aromatic heterocycles. The van der Waals surface area contributed by atoms with Crippen molar-refractivity contribution in [1.29, 1.82) is 0 Å². The van der Waals surface area contributed by atoms with Crippen LogP contribution in [0.3, 0.4) is 0 Å². The van der Waals surface area contributed by atoms with Gasteiger partial charge in [0.1, 0.15) is 12.1 Å². The Kier molecular flexibility index (Phi) is 6.09. The molecule has 0 radical (unpaired) electrons. The molecular weight excluding hydrogens is 449 g/mol. The Morgan fingerprint density at radius 2 is 1.85 bits per heavy atom. The number of carbonyl (C=O) groups excluding carboxylic acids is 3. The summed E-state index contributed by atoms with van der Waals surface area (Å²) >= 11 is 0. The molecule has 2 aliphatic rings. The predicted octanol–water partition coefficient (Wildman–Crippen LogP) is 3.69. The van der Waals surface area contributed by atoms with Crippen molar-refractivity contribution in [3.05, 3.63) is 65.0 Å². The zero-order valence-electron chi connectivity index (χ0n) is 18.9. The van der Waals surface area contributed by atoms with Crippen LogP contribution in [0.15, 0.2) is 42.5 Å². The number of pyridine rings is 1. The maximum absolute atomic E-state index is 13.0. The molecule has 10 heteroatoms. The standard InChI is InChI=1S/C24H25F3N4O3/c1-23(2)21(33)31(22(34)29-23)14-20(32)30-12-4-7-19(30)18-6-3-5-17(28-18)13-15-8-10-16(11-9-15)24(25,26)27/h3,5-6,8-11,19H,4,7,12-14H2,1-2H3,(H,29,34). The van der Waals surface area contributed by atoms with Gasteiger partial charge in [0, 0.05) is 18.7 Å². The van der Waals surface area contributed by atoms with Gasteiger partial charge < -0.3 is 10.2 Å². The minimum Gasteiger partial charge on any atom is -0.333 e. The number of imide groups is 1. The highest BCUT2D eigenvalue weighted by molar-refractivity contribution is 6.08. The van der Waals surface area contributed by atoms with E-state index >= 15 is 0 Å². The number of alkyl halides is 3. The van der Waals surface area contributed by atoms with Gasteiger partial charge in [0.25, 0.3) is 5.91 Å². The minimum absolute atomic E-state index is 0.297. The Morgan fingerprint density at radius 1 is 1.15 bits per heavy atom. The number of hydrogen-bond acceptors (Lipinski definition) is 4. The first-order chi connectivity index (χ1) is 16.0. The smallest absolute Gasteiger partial charge is 0.333 e. The van der Waals surface area contributed by atoms with Crippen LogP contribution in [0.25, 0.3) is 0 Å². The van der Waals surface area contributed by atoms with Crippen LogP contribution in [0.4, 0.5) is 18.0 Å². The lowest BCUT2D eigenvalue weighted by molar-refractivity contribution is -0.139. The molecule has 1 unspecified atom stereocenters. The van der Waals surface area contributed by atoms with E-state index in [9.17, 15) is 27.6 Å². The average Bonchev–Trinajstić information content (AvgIpc) is 3.33. The van der Waals surface area contributed by atoms with Crippen LogP contribution in [0, 0.1) is 0 Å². The number of likely N-dealkylation sites (tertiary alicyclic amines) is 1. The predicted molar refractivity (Wildman–Crippen MR) is 116 cm³/mol. The molecule has 4 rings (SSSR count). The van der Waals surface area contributed by atoms with Crippen molar-refractivity contribution in [2.75, 3.05) is 13.1 Å². The molecule has 0 bridgehead atoms. The van der Waals surface area contributed by atoms with Crippen LogP contribution in [0.2, 0.25) is 0 Å². The fraction of sp³-hybridized carbons (Fsp3) is 0.417. The van der Waals surface area contributed by atoms with Gasteiger partial charge in [-0.2, -0.15) is 13.2 Å². The van der Waals surface area contributed by atoms with E-state index in [0.717, 1.165) is 23.5 Å². The normalized spacial score (nSPS) is 20.1. The molecule has 1 aromatic carbocycles. The molecule has 3 heterocycles. The first-order valence-corrected chi connectivity index (χ1v) is 11.0. The van der Waals surface area contributed by atoms with Crippen molar-refractivity contribution in [3.63, 3.8) is 0 Å². The average molecular weight is 474 g/mol. The van der Waals surface area contributed by atoms with Crippen LogP contribution >= 0.6 is 0 Å². The third kappa shape index (κ3) is 4.76. The number of nitrogens with one attached hydrogen (secondary N) is 1. The summed E-state index contributed by atoms with van der Waals surface area (Å²) in [6.07, 6.45) is -2.59. The van der Waals surface area contributed by atoms with Crippen LogP contribution in [-0.2, 0) is 22.2 Å². The summed E-state index contributed by atoms with van der Waals surface area (Å²) in [5, 5.41) is 2.57.